The third-order valence-corrected chi connectivity index (χ3v) is 7.05. The predicted octanol–water partition coefficient (Wildman–Crippen LogP) is 5.15. The molecule has 0 aliphatic carbocycles. The molecule has 0 bridgehead atoms. The second-order valence-corrected chi connectivity index (χ2v) is 9.69. The van der Waals surface area contributed by atoms with Crippen LogP contribution in [0, 0.1) is 17.7 Å². The number of hydrogen-bond acceptors (Lipinski definition) is 3. The Morgan fingerprint density at radius 2 is 1.72 bits per heavy atom. The van der Waals surface area contributed by atoms with Gasteiger partial charge in [0.1, 0.15) is 5.82 Å². The minimum Gasteiger partial charge on any atom is -0.371 e. The molecule has 2 aliphatic heterocycles. The van der Waals surface area contributed by atoms with Crippen LogP contribution in [0.15, 0.2) is 48.5 Å². The first-order valence-corrected chi connectivity index (χ1v) is 12.1. The lowest BCUT2D eigenvalue weighted by Gasteiger charge is -2.33. The van der Waals surface area contributed by atoms with Gasteiger partial charge in [0.15, 0.2) is 0 Å². The Hall–Kier alpha value is -2.40. The van der Waals surface area contributed by atoms with E-state index in [2.05, 4.69) is 53.2 Å². The van der Waals surface area contributed by atoms with Crippen molar-refractivity contribution in [3.8, 4) is 0 Å². The number of anilines is 1. The zero-order valence-electron chi connectivity index (χ0n) is 19.4. The molecule has 2 atom stereocenters. The number of hydrogen-bond donors (Lipinski definition) is 1. The first-order chi connectivity index (χ1) is 15.5. The smallest absolute Gasteiger partial charge is 0.223 e. The normalized spacial score (nSPS) is 21.3. The summed E-state index contributed by atoms with van der Waals surface area (Å²) >= 11 is 0. The van der Waals surface area contributed by atoms with Crippen LogP contribution in [0.4, 0.5) is 10.1 Å². The standard InChI is InChI=1S/C27H36FN3O/c1-20-4-3-15-31(18-20)26-11-7-23(8-12-26)21(2)29-27(32)24-13-16-30(17-14-24)19-22-5-9-25(28)10-6-22/h5-12,20-21,24H,3-4,13-19H2,1-2H3,(H,29,32)/t20-,21+/m0/s1. The van der Waals surface area contributed by atoms with Crippen LogP contribution in [0.25, 0.3) is 0 Å². The van der Waals surface area contributed by atoms with E-state index in [0.717, 1.165) is 62.6 Å². The first-order valence-electron chi connectivity index (χ1n) is 12.1. The molecule has 0 saturated carbocycles. The molecule has 0 aromatic heterocycles. The van der Waals surface area contributed by atoms with E-state index in [1.165, 1.54) is 30.7 Å². The maximum Gasteiger partial charge on any atom is 0.223 e. The highest BCUT2D eigenvalue weighted by molar-refractivity contribution is 5.79. The number of halogens is 1. The van der Waals surface area contributed by atoms with Gasteiger partial charge in [-0.15, -0.1) is 0 Å². The molecule has 2 aromatic rings. The van der Waals surface area contributed by atoms with Gasteiger partial charge in [-0.25, -0.2) is 4.39 Å². The molecule has 172 valence electrons. The summed E-state index contributed by atoms with van der Waals surface area (Å²) in [6.45, 7) is 9.26. The molecule has 2 heterocycles. The van der Waals surface area contributed by atoms with Crippen molar-refractivity contribution >= 4 is 11.6 Å². The topological polar surface area (TPSA) is 35.6 Å². The SMILES string of the molecule is C[C@H]1CCCN(c2ccc([C@@H](C)NC(=O)C3CCN(Cc4ccc(F)cc4)CC3)cc2)C1. The highest BCUT2D eigenvalue weighted by Gasteiger charge is 2.26. The summed E-state index contributed by atoms with van der Waals surface area (Å²) in [5.74, 6) is 0.779. The van der Waals surface area contributed by atoms with Gasteiger partial charge in [-0.1, -0.05) is 31.2 Å². The largest absolute Gasteiger partial charge is 0.371 e. The van der Waals surface area contributed by atoms with Crippen molar-refractivity contribution in [1.82, 2.24) is 10.2 Å². The Labute approximate surface area is 191 Å². The molecule has 1 amide bonds. The zero-order chi connectivity index (χ0) is 22.5. The lowest BCUT2D eigenvalue weighted by atomic mass is 9.94. The number of piperidine rings is 2. The maximum atomic E-state index is 13.1. The van der Waals surface area contributed by atoms with E-state index < -0.39 is 0 Å². The van der Waals surface area contributed by atoms with Crippen LogP contribution < -0.4 is 10.2 Å². The fourth-order valence-corrected chi connectivity index (χ4v) is 5.01. The second kappa shape index (κ2) is 10.5. The number of carbonyl (C=O) groups is 1. The van der Waals surface area contributed by atoms with E-state index >= 15 is 0 Å². The molecule has 0 spiro atoms. The van der Waals surface area contributed by atoms with E-state index in [9.17, 15) is 9.18 Å². The molecule has 2 fully saturated rings. The molecule has 2 aromatic carbocycles. The van der Waals surface area contributed by atoms with E-state index in [0.29, 0.717) is 0 Å². The van der Waals surface area contributed by atoms with Crippen LogP contribution in [0.1, 0.15) is 56.7 Å². The summed E-state index contributed by atoms with van der Waals surface area (Å²) in [6.07, 6.45) is 4.32. The summed E-state index contributed by atoms with van der Waals surface area (Å²) in [7, 11) is 0. The Morgan fingerprint density at radius 3 is 2.38 bits per heavy atom. The highest BCUT2D eigenvalue weighted by atomic mass is 19.1. The Kier molecular flexibility index (Phi) is 7.46. The molecule has 0 unspecified atom stereocenters. The van der Waals surface area contributed by atoms with E-state index in [-0.39, 0.29) is 23.7 Å². The van der Waals surface area contributed by atoms with Gasteiger partial charge in [-0.2, -0.15) is 0 Å². The van der Waals surface area contributed by atoms with Crippen LogP contribution in [0.2, 0.25) is 0 Å². The van der Waals surface area contributed by atoms with Gasteiger partial charge in [0.2, 0.25) is 5.91 Å². The minimum absolute atomic E-state index is 0.00840. The lowest BCUT2D eigenvalue weighted by molar-refractivity contribution is -0.127. The Balaban J connectivity index is 1.24. The summed E-state index contributed by atoms with van der Waals surface area (Å²) in [5, 5.41) is 3.23. The van der Waals surface area contributed by atoms with E-state index in [1.54, 1.807) is 0 Å². The van der Waals surface area contributed by atoms with Crippen molar-refractivity contribution in [2.75, 3.05) is 31.1 Å². The fraction of sp³-hybridized carbons (Fsp3) is 0.519. The third-order valence-electron chi connectivity index (χ3n) is 7.05. The highest BCUT2D eigenvalue weighted by Crippen LogP contribution is 2.25. The van der Waals surface area contributed by atoms with Gasteiger partial charge in [0, 0.05) is 31.2 Å². The van der Waals surface area contributed by atoms with Crippen LogP contribution in [-0.4, -0.2) is 37.0 Å². The number of likely N-dealkylation sites (tertiary alicyclic amines) is 1. The van der Waals surface area contributed by atoms with Crippen molar-refractivity contribution < 1.29 is 9.18 Å². The van der Waals surface area contributed by atoms with Gasteiger partial charge < -0.3 is 10.2 Å². The number of amides is 1. The molecule has 4 rings (SSSR count). The second-order valence-electron chi connectivity index (χ2n) is 9.69. The molecular formula is C27H36FN3O. The molecule has 4 nitrogen and oxygen atoms in total. The Morgan fingerprint density at radius 1 is 1.03 bits per heavy atom. The van der Waals surface area contributed by atoms with E-state index in [1.807, 2.05) is 12.1 Å². The lowest BCUT2D eigenvalue weighted by Crippen LogP contribution is -2.40. The van der Waals surface area contributed by atoms with Crippen LogP contribution in [0.5, 0.6) is 0 Å². The number of nitrogens with zero attached hydrogens (tertiary/aromatic N) is 2. The van der Waals surface area contributed by atoms with Crippen molar-refractivity contribution in [2.45, 2.75) is 52.1 Å². The molecule has 2 saturated heterocycles. The van der Waals surface area contributed by atoms with Crippen molar-refractivity contribution in [1.29, 1.82) is 0 Å². The van der Waals surface area contributed by atoms with Crippen LogP contribution >= 0.6 is 0 Å². The van der Waals surface area contributed by atoms with Crippen LogP contribution in [-0.2, 0) is 11.3 Å². The summed E-state index contributed by atoms with van der Waals surface area (Å²) in [6, 6.07) is 15.4. The van der Waals surface area contributed by atoms with Gasteiger partial charge in [-0.05, 0) is 87.0 Å². The number of nitrogens with one attached hydrogen (secondary N) is 1. The predicted molar refractivity (Wildman–Crippen MR) is 128 cm³/mol. The first kappa shape index (κ1) is 22.8. The Bertz CT molecular complexity index is 875. The van der Waals surface area contributed by atoms with Crippen molar-refractivity contribution in [2.24, 2.45) is 11.8 Å². The molecule has 1 N–H and O–H groups in total. The summed E-state index contributed by atoms with van der Waals surface area (Å²) in [5.41, 5.74) is 3.55. The quantitative estimate of drug-likeness (QED) is 0.679. The van der Waals surface area contributed by atoms with Gasteiger partial charge in [-0.3, -0.25) is 9.69 Å². The minimum atomic E-state index is -0.200. The van der Waals surface area contributed by atoms with Crippen molar-refractivity contribution in [3.63, 3.8) is 0 Å². The molecule has 32 heavy (non-hydrogen) atoms. The van der Waals surface area contributed by atoms with Gasteiger partial charge in [0.25, 0.3) is 0 Å². The van der Waals surface area contributed by atoms with Gasteiger partial charge >= 0.3 is 0 Å². The van der Waals surface area contributed by atoms with Crippen LogP contribution in [0.3, 0.4) is 0 Å². The third kappa shape index (κ3) is 5.89. The fourth-order valence-electron chi connectivity index (χ4n) is 5.01. The molecule has 5 heteroatoms. The van der Waals surface area contributed by atoms with Crippen molar-refractivity contribution in [3.05, 3.63) is 65.5 Å². The zero-order valence-corrected chi connectivity index (χ0v) is 19.4. The monoisotopic (exact) mass is 437 g/mol. The summed E-state index contributed by atoms with van der Waals surface area (Å²) < 4.78 is 13.1. The summed E-state index contributed by atoms with van der Waals surface area (Å²) in [4.78, 5) is 17.7. The molecule has 0 radical (unpaired) electrons. The average Bonchev–Trinajstić information content (AvgIpc) is 2.81. The van der Waals surface area contributed by atoms with E-state index in [4.69, 9.17) is 0 Å². The average molecular weight is 438 g/mol. The van der Waals surface area contributed by atoms with Gasteiger partial charge in [0.05, 0.1) is 6.04 Å². The maximum absolute atomic E-state index is 13.1. The molecule has 2 aliphatic rings. The number of benzene rings is 2. The number of carbonyl (C=O) groups excluding carboxylic acids is 1. The molecular weight excluding hydrogens is 401 g/mol. The number of rotatable bonds is 6.